The maximum absolute atomic E-state index is 12.5. The van der Waals surface area contributed by atoms with Crippen molar-refractivity contribution in [2.24, 2.45) is 0 Å². The summed E-state index contributed by atoms with van der Waals surface area (Å²) in [6.45, 7) is 9.35. The van der Waals surface area contributed by atoms with Crippen molar-refractivity contribution in [3.8, 4) is 5.75 Å². The second-order valence-corrected chi connectivity index (χ2v) is 7.66. The van der Waals surface area contributed by atoms with Gasteiger partial charge in [0.25, 0.3) is 5.91 Å². The molecule has 2 heterocycles. The predicted octanol–water partition coefficient (Wildman–Crippen LogP) is 1.84. The number of hydrogen-bond donors (Lipinski definition) is 0. The lowest BCUT2D eigenvalue weighted by Crippen LogP contribution is -2.41. The maximum atomic E-state index is 12.5. The van der Waals surface area contributed by atoms with Gasteiger partial charge in [-0.15, -0.1) is 0 Å². The fourth-order valence-electron chi connectivity index (χ4n) is 3.83. The molecule has 6 heteroatoms. The average molecular weight is 373 g/mol. The number of carbonyl (C=O) groups is 2. The monoisotopic (exact) mass is 373 g/mol. The van der Waals surface area contributed by atoms with Crippen LogP contribution >= 0.6 is 0 Å². The number of benzene rings is 1. The molecule has 6 nitrogen and oxygen atoms in total. The highest BCUT2D eigenvalue weighted by atomic mass is 16.5. The highest BCUT2D eigenvalue weighted by molar-refractivity contribution is 5.79. The van der Waals surface area contributed by atoms with E-state index in [4.69, 9.17) is 4.74 Å². The van der Waals surface area contributed by atoms with Crippen LogP contribution in [0.25, 0.3) is 0 Å². The van der Waals surface area contributed by atoms with Gasteiger partial charge in [-0.3, -0.25) is 14.5 Å². The molecule has 1 aromatic rings. The van der Waals surface area contributed by atoms with E-state index in [0.717, 1.165) is 63.3 Å². The molecule has 2 amide bonds. The average Bonchev–Trinajstić information content (AvgIpc) is 3.08. The molecule has 0 aliphatic carbocycles. The topological polar surface area (TPSA) is 53.1 Å². The van der Waals surface area contributed by atoms with Crippen LogP contribution in [0.15, 0.2) is 18.2 Å². The van der Waals surface area contributed by atoms with E-state index in [2.05, 4.69) is 11.0 Å². The van der Waals surface area contributed by atoms with Crippen LogP contribution < -0.4 is 4.74 Å². The molecule has 2 aliphatic rings. The molecule has 1 aromatic carbocycles. The zero-order valence-electron chi connectivity index (χ0n) is 16.6. The number of likely N-dealkylation sites (tertiary alicyclic amines) is 1. The third-order valence-corrected chi connectivity index (χ3v) is 5.44. The van der Waals surface area contributed by atoms with Gasteiger partial charge >= 0.3 is 0 Å². The number of aryl methyl sites for hydroxylation is 2. The Morgan fingerprint density at radius 1 is 0.889 bits per heavy atom. The van der Waals surface area contributed by atoms with Crippen molar-refractivity contribution in [3.63, 3.8) is 0 Å². The van der Waals surface area contributed by atoms with Crippen LogP contribution in [0.4, 0.5) is 0 Å². The molecule has 0 radical (unpaired) electrons. The molecule has 0 saturated carbocycles. The molecule has 0 atom stereocenters. The van der Waals surface area contributed by atoms with E-state index in [-0.39, 0.29) is 18.4 Å². The second-order valence-electron chi connectivity index (χ2n) is 7.66. The van der Waals surface area contributed by atoms with Gasteiger partial charge in [0.2, 0.25) is 5.91 Å². The lowest BCUT2D eigenvalue weighted by atomic mass is 10.1. The standard InChI is InChI=1S/C21H31N3O3/c1-17-6-7-19(18(2)14-17)27-16-21(26)24-11-5-8-22(12-13-24)15-20(25)23-9-3-4-10-23/h6-7,14H,3-5,8-13,15-16H2,1-2H3. The van der Waals surface area contributed by atoms with Crippen molar-refractivity contribution >= 4 is 11.8 Å². The van der Waals surface area contributed by atoms with E-state index in [9.17, 15) is 9.59 Å². The Kier molecular flexibility index (Phi) is 6.72. The number of nitrogens with zero attached hydrogens (tertiary/aromatic N) is 3. The number of hydrogen-bond acceptors (Lipinski definition) is 4. The Morgan fingerprint density at radius 2 is 1.59 bits per heavy atom. The molecule has 148 valence electrons. The maximum Gasteiger partial charge on any atom is 0.260 e. The number of ether oxygens (including phenoxy) is 1. The summed E-state index contributed by atoms with van der Waals surface area (Å²) in [4.78, 5) is 30.9. The summed E-state index contributed by atoms with van der Waals surface area (Å²) in [7, 11) is 0. The Balaban J connectivity index is 1.45. The quantitative estimate of drug-likeness (QED) is 0.790. The normalized spacial score (nSPS) is 18.4. The van der Waals surface area contributed by atoms with Gasteiger partial charge in [-0.1, -0.05) is 17.7 Å². The summed E-state index contributed by atoms with van der Waals surface area (Å²) >= 11 is 0. The first-order valence-electron chi connectivity index (χ1n) is 10.0. The second kappa shape index (κ2) is 9.22. The fourth-order valence-corrected chi connectivity index (χ4v) is 3.83. The highest BCUT2D eigenvalue weighted by Crippen LogP contribution is 2.19. The number of rotatable bonds is 5. The zero-order chi connectivity index (χ0) is 19.2. The van der Waals surface area contributed by atoms with Gasteiger partial charge in [0.05, 0.1) is 6.54 Å². The largest absolute Gasteiger partial charge is 0.484 e. The van der Waals surface area contributed by atoms with Gasteiger partial charge in [0, 0.05) is 39.3 Å². The zero-order valence-corrected chi connectivity index (χ0v) is 16.6. The molecule has 3 rings (SSSR count). The summed E-state index contributed by atoms with van der Waals surface area (Å²) in [6, 6.07) is 5.97. The first kappa shape index (κ1) is 19.7. The van der Waals surface area contributed by atoms with Crippen LogP contribution in [-0.2, 0) is 9.59 Å². The van der Waals surface area contributed by atoms with Crippen LogP contribution in [0, 0.1) is 13.8 Å². The molecule has 0 unspecified atom stereocenters. The highest BCUT2D eigenvalue weighted by Gasteiger charge is 2.24. The summed E-state index contributed by atoms with van der Waals surface area (Å²) < 4.78 is 5.74. The van der Waals surface area contributed by atoms with Crippen LogP contribution in [0.2, 0.25) is 0 Å². The van der Waals surface area contributed by atoms with Gasteiger partial charge in [-0.05, 0) is 44.7 Å². The smallest absolute Gasteiger partial charge is 0.260 e. The van der Waals surface area contributed by atoms with Crippen molar-refractivity contribution in [1.29, 1.82) is 0 Å². The first-order chi connectivity index (χ1) is 13.0. The fraction of sp³-hybridized carbons (Fsp3) is 0.619. The van der Waals surface area contributed by atoms with Crippen molar-refractivity contribution in [3.05, 3.63) is 29.3 Å². The van der Waals surface area contributed by atoms with Crippen LogP contribution in [0.5, 0.6) is 5.75 Å². The van der Waals surface area contributed by atoms with Crippen LogP contribution in [0.3, 0.4) is 0 Å². The van der Waals surface area contributed by atoms with E-state index in [1.165, 1.54) is 5.56 Å². The molecule has 2 fully saturated rings. The molecule has 27 heavy (non-hydrogen) atoms. The minimum absolute atomic E-state index is 0.0164. The molecular formula is C21H31N3O3. The number of amides is 2. The molecule has 0 spiro atoms. The lowest BCUT2D eigenvalue weighted by Gasteiger charge is -2.24. The van der Waals surface area contributed by atoms with Crippen molar-refractivity contribution in [2.45, 2.75) is 33.1 Å². The third kappa shape index (κ3) is 5.45. The van der Waals surface area contributed by atoms with Gasteiger partial charge < -0.3 is 14.5 Å². The van der Waals surface area contributed by atoms with Crippen LogP contribution in [0.1, 0.15) is 30.4 Å². The predicted molar refractivity (Wildman–Crippen MR) is 105 cm³/mol. The summed E-state index contributed by atoms with van der Waals surface area (Å²) in [6.07, 6.45) is 3.13. The van der Waals surface area contributed by atoms with Crippen molar-refractivity contribution in [2.75, 3.05) is 52.4 Å². The Labute approximate surface area is 162 Å². The Bertz CT molecular complexity index is 671. The first-order valence-corrected chi connectivity index (χ1v) is 10.0. The van der Waals surface area contributed by atoms with Crippen LogP contribution in [-0.4, -0.2) is 78.9 Å². The van der Waals surface area contributed by atoms with E-state index >= 15 is 0 Å². The van der Waals surface area contributed by atoms with E-state index < -0.39 is 0 Å². The molecular weight excluding hydrogens is 342 g/mol. The lowest BCUT2D eigenvalue weighted by molar-refractivity contribution is -0.133. The minimum Gasteiger partial charge on any atom is -0.484 e. The number of carbonyl (C=O) groups excluding carboxylic acids is 2. The third-order valence-electron chi connectivity index (χ3n) is 5.44. The Hall–Kier alpha value is -2.08. The molecule has 0 bridgehead atoms. The Morgan fingerprint density at radius 3 is 2.33 bits per heavy atom. The molecule has 0 aromatic heterocycles. The van der Waals surface area contributed by atoms with Gasteiger partial charge in [0.1, 0.15) is 5.75 Å². The molecule has 0 N–H and O–H groups in total. The molecule has 2 aliphatic heterocycles. The minimum atomic E-state index is 0.0164. The van der Waals surface area contributed by atoms with E-state index in [1.807, 2.05) is 35.8 Å². The van der Waals surface area contributed by atoms with Gasteiger partial charge in [-0.25, -0.2) is 0 Å². The summed E-state index contributed by atoms with van der Waals surface area (Å²) in [5, 5.41) is 0. The van der Waals surface area contributed by atoms with Crippen molar-refractivity contribution < 1.29 is 14.3 Å². The van der Waals surface area contributed by atoms with E-state index in [0.29, 0.717) is 13.1 Å². The van der Waals surface area contributed by atoms with Gasteiger partial charge in [-0.2, -0.15) is 0 Å². The van der Waals surface area contributed by atoms with Crippen molar-refractivity contribution in [1.82, 2.24) is 14.7 Å². The summed E-state index contributed by atoms with van der Waals surface area (Å²) in [5.41, 5.74) is 2.23. The molecule has 2 saturated heterocycles. The van der Waals surface area contributed by atoms with E-state index in [1.54, 1.807) is 0 Å². The SMILES string of the molecule is Cc1ccc(OCC(=O)N2CCCN(CC(=O)N3CCCC3)CC2)c(C)c1. The summed E-state index contributed by atoms with van der Waals surface area (Å²) in [5.74, 6) is 1.01. The van der Waals surface area contributed by atoms with Gasteiger partial charge in [0.15, 0.2) is 6.61 Å².